The predicted octanol–water partition coefficient (Wildman–Crippen LogP) is 1.88. The van der Waals surface area contributed by atoms with Crippen LogP contribution in [0.5, 0.6) is 5.75 Å². The van der Waals surface area contributed by atoms with Gasteiger partial charge in [0.1, 0.15) is 23.2 Å². The van der Waals surface area contributed by atoms with Gasteiger partial charge in [-0.1, -0.05) is 6.07 Å². The van der Waals surface area contributed by atoms with Crippen molar-refractivity contribution in [3.05, 3.63) is 59.9 Å². The first-order chi connectivity index (χ1) is 11.7. The van der Waals surface area contributed by atoms with E-state index in [0.717, 1.165) is 30.3 Å². The molecule has 1 amide bonds. The molecular formula is C15H13F3N2O4S. The lowest BCUT2D eigenvalue weighted by Crippen LogP contribution is -2.47. The first-order valence-electron chi connectivity index (χ1n) is 6.88. The van der Waals surface area contributed by atoms with Crippen molar-refractivity contribution < 1.29 is 31.1 Å². The van der Waals surface area contributed by atoms with E-state index in [1.54, 1.807) is 10.3 Å². The van der Waals surface area contributed by atoms with Gasteiger partial charge >= 0.3 is 0 Å². The van der Waals surface area contributed by atoms with Crippen LogP contribution in [0.1, 0.15) is 6.92 Å². The van der Waals surface area contributed by atoms with Gasteiger partial charge in [-0.15, -0.1) is 4.83 Å². The highest BCUT2D eigenvalue weighted by Gasteiger charge is 2.25. The number of hydrazine groups is 1. The van der Waals surface area contributed by atoms with E-state index in [9.17, 15) is 26.4 Å². The molecule has 10 heteroatoms. The topological polar surface area (TPSA) is 84.5 Å². The van der Waals surface area contributed by atoms with Crippen LogP contribution in [-0.2, 0) is 14.8 Å². The van der Waals surface area contributed by atoms with Crippen molar-refractivity contribution in [2.75, 3.05) is 0 Å². The molecule has 25 heavy (non-hydrogen) atoms. The first kappa shape index (κ1) is 18.7. The third kappa shape index (κ3) is 4.70. The van der Waals surface area contributed by atoms with Crippen molar-refractivity contribution in [2.45, 2.75) is 17.9 Å². The van der Waals surface area contributed by atoms with Gasteiger partial charge in [-0.05, 0) is 43.3 Å². The number of carbonyl (C=O) groups excluding carboxylic acids is 1. The molecule has 0 aliphatic heterocycles. The average Bonchev–Trinajstić information content (AvgIpc) is 2.54. The molecule has 0 spiro atoms. The fourth-order valence-corrected chi connectivity index (χ4v) is 2.77. The molecular weight excluding hydrogens is 361 g/mol. The number of hydrogen-bond acceptors (Lipinski definition) is 4. The molecule has 2 aromatic carbocycles. The Kier molecular flexibility index (Phi) is 5.65. The van der Waals surface area contributed by atoms with Crippen molar-refractivity contribution in [1.29, 1.82) is 0 Å². The summed E-state index contributed by atoms with van der Waals surface area (Å²) in [5.74, 6) is -3.87. The summed E-state index contributed by atoms with van der Waals surface area (Å²) >= 11 is 0. The molecule has 6 nitrogen and oxygen atoms in total. The van der Waals surface area contributed by atoms with Crippen molar-refractivity contribution >= 4 is 15.9 Å². The Bertz CT molecular complexity index is 853. The minimum Gasteiger partial charge on any atom is -0.481 e. The van der Waals surface area contributed by atoms with E-state index >= 15 is 0 Å². The Labute approximate surface area is 141 Å². The second-order valence-electron chi connectivity index (χ2n) is 4.86. The van der Waals surface area contributed by atoms with E-state index < -0.39 is 44.4 Å². The van der Waals surface area contributed by atoms with Crippen LogP contribution in [0.2, 0.25) is 0 Å². The normalized spacial score (nSPS) is 12.5. The summed E-state index contributed by atoms with van der Waals surface area (Å²) in [6.45, 7) is 1.30. The smallest absolute Gasteiger partial charge is 0.275 e. The zero-order chi connectivity index (χ0) is 18.6. The van der Waals surface area contributed by atoms with Gasteiger partial charge in [0, 0.05) is 0 Å². The molecule has 0 bridgehead atoms. The van der Waals surface area contributed by atoms with Crippen LogP contribution in [0.25, 0.3) is 0 Å². The monoisotopic (exact) mass is 374 g/mol. The molecule has 0 fully saturated rings. The van der Waals surface area contributed by atoms with Crippen molar-refractivity contribution in [3.8, 4) is 5.75 Å². The first-order valence-corrected chi connectivity index (χ1v) is 8.37. The molecule has 0 aliphatic carbocycles. The molecule has 2 aromatic rings. The lowest BCUT2D eigenvalue weighted by atomic mass is 10.3. The van der Waals surface area contributed by atoms with Gasteiger partial charge in [0.2, 0.25) is 0 Å². The van der Waals surface area contributed by atoms with E-state index in [4.69, 9.17) is 4.74 Å². The van der Waals surface area contributed by atoms with Gasteiger partial charge in [0.15, 0.2) is 11.0 Å². The molecule has 1 atom stereocenters. The highest BCUT2D eigenvalue weighted by Crippen LogP contribution is 2.17. The van der Waals surface area contributed by atoms with Gasteiger partial charge in [-0.2, -0.15) is 0 Å². The summed E-state index contributed by atoms with van der Waals surface area (Å²) in [5, 5.41) is 0. The molecule has 0 heterocycles. The standard InChI is InChI=1S/C15H13F3N2O4S/c1-9(24-11-7-5-10(16)6-8-11)15(21)19-20-25(22,23)14-12(17)3-2-4-13(14)18/h2-9,20H,1H3,(H,19,21)/t9-/m0/s1. The number of hydrogen-bond donors (Lipinski definition) is 2. The van der Waals surface area contributed by atoms with Gasteiger partial charge in [0.05, 0.1) is 0 Å². The summed E-state index contributed by atoms with van der Waals surface area (Å²) in [5.41, 5.74) is 1.80. The molecule has 134 valence electrons. The van der Waals surface area contributed by atoms with E-state index in [2.05, 4.69) is 0 Å². The van der Waals surface area contributed by atoms with Crippen LogP contribution in [-0.4, -0.2) is 20.4 Å². The van der Waals surface area contributed by atoms with Crippen LogP contribution in [0.3, 0.4) is 0 Å². The van der Waals surface area contributed by atoms with Crippen LogP contribution < -0.4 is 15.0 Å². The number of rotatable bonds is 6. The number of ether oxygens (including phenoxy) is 1. The van der Waals surface area contributed by atoms with Crippen molar-refractivity contribution in [3.63, 3.8) is 0 Å². The molecule has 0 aromatic heterocycles. The molecule has 2 rings (SSSR count). The fourth-order valence-electron chi connectivity index (χ4n) is 1.78. The molecule has 0 unspecified atom stereocenters. The summed E-state index contributed by atoms with van der Waals surface area (Å²) < 4.78 is 68.8. The van der Waals surface area contributed by atoms with Crippen LogP contribution in [0, 0.1) is 17.5 Å². The van der Waals surface area contributed by atoms with Crippen LogP contribution in [0.15, 0.2) is 47.4 Å². The Hall–Kier alpha value is -2.59. The molecule has 0 saturated heterocycles. The zero-order valence-corrected chi connectivity index (χ0v) is 13.6. The van der Waals surface area contributed by atoms with Crippen molar-refractivity contribution in [2.24, 2.45) is 0 Å². The molecule has 0 saturated carbocycles. The summed E-state index contributed by atoms with van der Waals surface area (Å²) in [7, 11) is -4.67. The SMILES string of the molecule is C[C@H](Oc1ccc(F)cc1)C(=O)NNS(=O)(=O)c1c(F)cccc1F. The second kappa shape index (κ2) is 7.53. The summed E-state index contributed by atoms with van der Waals surface area (Å²) in [4.78, 5) is 12.2. The molecule has 0 radical (unpaired) electrons. The molecule has 2 N–H and O–H groups in total. The highest BCUT2D eigenvalue weighted by atomic mass is 32.2. The minimum atomic E-state index is -4.67. The number of halogens is 3. The number of sulfonamides is 1. The number of carbonyl (C=O) groups is 1. The highest BCUT2D eigenvalue weighted by molar-refractivity contribution is 7.89. The van der Waals surface area contributed by atoms with E-state index in [1.807, 2.05) is 0 Å². The van der Waals surface area contributed by atoms with E-state index in [0.29, 0.717) is 0 Å². The van der Waals surface area contributed by atoms with Crippen LogP contribution >= 0.6 is 0 Å². The Morgan fingerprint density at radius 3 is 2.16 bits per heavy atom. The zero-order valence-electron chi connectivity index (χ0n) is 12.8. The number of benzene rings is 2. The minimum absolute atomic E-state index is 0.173. The Morgan fingerprint density at radius 2 is 1.60 bits per heavy atom. The van der Waals surface area contributed by atoms with E-state index in [1.165, 1.54) is 19.1 Å². The third-order valence-corrected chi connectivity index (χ3v) is 4.29. The number of nitrogens with one attached hydrogen (secondary N) is 2. The van der Waals surface area contributed by atoms with Gasteiger partial charge in [0.25, 0.3) is 15.9 Å². The maximum absolute atomic E-state index is 13.5. The van der Waals surface area contributed by atoms with Crippen molar-refractivity contribution in [1.82, 2.24) is 10.3 Å². The maximum atomic E-state index is 13.5. The number of amides is 1. The Morgan fingerprint density at radius 1 is 1.04 bits per heavy atom. The van der Waals surface area contributed by atoms with Crippen LogP contribution in [0.4, 0.5) is 13.2 Å². The Balaban J connectivity index is 2.02. The van der Waals surface area contributed by atoms with Gasteiger partial charge in [-0.3, -0.25) is 10.2 Å². The van der Waals surface area contributed by atoms with Gasteiger partial charge < -0.3 is 4.74 Å². The quantitative estimate of drug-likeness (QED) is 0.757. The predicted molar refractivity (Wildman–Crippen MR) is 81.3 cm³/mol. The largest absolute Gasteiger partial charge is 0.481 e. The lowest BCUT2D eigenvalue weighted by molar-refractivity contribution is -0.127. The summed E-state index contributed by atoms with van der Waals surface area (Å²) in [6.07, 6.45) is -1.17. The second-order valence-corrected chi connectivity index (χ2v) is 6.48. The maximum Gasteiger partial charge on any atom is 0.275 e. The third-order valence-electron chi connectivity index (χ3n) is 2.99. The van der Waals surface area contributed by atoms with E-state index in [-0.39, 0.29) is 5.75 Å². The summed E-state index contributed by atoms with van der Waals surface area (Å²) in [6, 6.07) is 7.31. The fraction of sp³-hybridized carbons (Fsp3) is 0.133. The average molecular weight is 374 g/mol. The van der Waals surface area contributed by atoms with Gasteiger partial charge in [-0.25, -0.2) is 21.6 Å². The lowest BCUT2D eigenvalue weighted by Gasteiger charge is -2.15. The molecule has 0 aliphatic rings.